The van der Waals surface area contributed by atoms with Crippen LogP contribution in [-0.2, 0) is 38.6 Å². The summed E-state index contributed by atoms with van der Waals surface area (Å²) in [4.78, 5) is 21.0. The highest BCUT2D eigenvalue weighted by Gasteiger charge is 2.30. The molecule has 31 heavy (non-hydrogen) atoms. The summed E-state index contributed by atoms with van der Waals surface area (Å²) >= 11 is 6.13. The van der Waals surface area contributed by atoms with Gasteiger partial charge in [-0.1, -0.05) is 48.0 Å². The molecule has 8 heteroatoms. The van der Waals surface area contributed by atoms with E-state index in [9.17, 15) is 13.2 Å². The molecule has 0 amide bonds. The number of halogens is 1. The fraction of sp³-hybridized carbons (Fsp3) is 0.261. The number of nitrogens with zero attached hydrogens (tertiary/aromatic N) is 2. The SMILES string of the molecule is COC(=O)Cc1ccc(Cc2nc(-c3cccc(Cl)c3)nc3c2S(=O)(=O)CCC3)cc1. The predicted octanol–water partition coefficient (Wildman–Crippen LogP) is 3.82. The van der Waals surface area contributed by atoms with Crippen LogP contribution in [0.15, 0.2) is 53.4 Å². The number of hydrogen-bond donors (Lipinski definition) is 0. The third kappa shape index (κ3) is 4.78. The first-order valence-electron chi connectivity index (χ1n) is 9.89. The molecule has 0 saturated carbocycles. The first-order valence-corrected chi connectivity index (χ1v) is 11.9. The Kier molecular flexibility index (Phi) is 6.07. The quantitative estimate of drug-likeness (QED) is 0.542. The molecule has 2 aromatic carbocycles. The van der Waals surface area contributed by atoms with E-state index in [4.69, 9.17) is 16.3 Å². The lowest BCUT2D eigenvalue weighted by atomic mass is 10.0. The number of hydrogen-bond acceptors (Lipinski definition) is 6. The molecule has 1 aliphatic heterocycles. The van der Waals surface area contributed by atoms with Crippen molar-refractivity contribution in [3.8, 4) is 11.4 Å². The number of carbonyl (C=O) groups is 1. The van der Waals surface area contributed by atoms with E-state index in [-0.39, 0.29) is 23.0 Å². The van der Waals surface area contributed by atoms with Crippen LogP contribution < -0.4 is 0 Å². The highest BCUT2D eigenvalue weighted by Crippen LogP contribution is 2.31. The Balaban J connectivity index is 1.75. The van der Waals surface area contributed by atoms with Crippen molar-refractivity contribution in [1.29, 1.82) is 0 Å². The fourth-order valence-corrected chi connectivity index (χ4v) is 5.59. The van der Waals surface area contributed by atoms with Gasteiger partial charge in [-0.15, -0.1) is 0 Å². The molecule has 0 spiro atoms. The normalized spacial score (nSPS) is 14.6. The number of fused-ring (bicyclic) bond motifs is 1. The summed E-state index contributed by atoms with van der Waals surface area (Å²) in [6, 6.07) is 14.6. The van der Waals surface area contributed by atoms with Crippen LogP contribution in [0, 0.1) is 0 Å². The van der Waals surface area contributed by atoms with Gasteiger partial charge in [0.1, 0.15) is 4.90 Å². The maximum atomic E-state index is 12.8. The first-order chi connectivity index (χ1) is 14.9. The second kappa shape index (κ2) is 8.77. The summed E-state index contributed by atoms with van der Waals surface area (Å²) in [6.07, 6.45) is 1.67. The molecule has 1 aromatic heterocycles. The number of sulfone groups is 1. The van der Waals surface area contributed by atoms with Crippen molar-refractivity contribution >= 4 is 27.4 Å². The number of methoxy groups -OCH3 is 1. The Morgan fingerprint density at radius 1 is 1.10 bits per heavy atom. The summed E-state index contributed by atoms with van der Waals surface area (Å²) < 4.78 is 30.4. The molecule has 0 fully saturated rings. The Labute approximate surface area is 186 Å². The van der Waals surface area contributed by atoms with Crippen LogP contribution in [0.5, 0.6) is 0 Å². The highest BCUT2D eigenvalue weighted by molar-refractivity contribution is 7.91. The molecule has 3 aromatic rings. The number of benzene rings is 2. The summed E-state index contributed by atoms with van der Waals surface area (Å²) in [5.41, 5.74) is 3.52. The molecule has 160 valence electrons. The smallest absolute Gasteiger partial charge is 0.309 e. The van der Waals surface area contributed by atoms with Gasteiger partial charge in [-0.2, -0.15) is 0 Å². The zero-order valence-corrected chi connectivity index (χ0v) is 18.5. The lowest BCUT2D eigenvalue weighted by Gasteiger charge is -2.19. The summed E-state index contributed by atoms with van der Waals surface area (Å²) in [7, 11) is -2.09. The highest BCUT2D eigenvalue weighted by atomic mass is 35.5. The zero-order valence-electron chi connectivity index (χ0n) is 17.0. The number of aryl methyl sites for hydroxylation is 1. The minimum atomic E-state index is -3.44. The molecule has 1 aliphatic rings. The molecular formula is C23H21ClN2O4S. The van der Waals surface area contributed by atoms with E-state index < -0.39 is 9.84 Å². The minimum Gasteiger partial charge on any atom is -0.469 e. The molecule has 0 saturated heterocycles. The van der Waals surface area contributed by atoms with E-state index in [1.807, 2.05) is 36.4 Å². The molecule has 0 bridgehead atoms. The lowest BCUT2D eigenvalue weighted by molar-refractivity contribution is -0.139. The van der Waals surface area contributed by atoms with Gasteiger partial charge < -0.3 is 4.74 Å². The number of ether oxygens (including phenoxy) is 1. The molecular weight excluding hydrogens is 436 g/mol. The number of rotatable bonds is 5. The summed E-state index contributed by atoms with van der Waals surface area (Å²) in [6.45, 7) is 0. The van der Waals surface area contributed by atoms with Crippen LogP contribution in [0.25, 0.3) is 11.4 Å². The first kappa shape index (κ1) is 21.5. The van der Waals surface area contributed by atoms with Gasteiger partial charge in [0.2, 0.25) is 0 Å². The van der Waals surface area contributed by atoms with Crippen molar-refractivity contribution in [3.63, 3.8) is 0 Å². The topological polar surface area (TPSA) is 86.2 Å². The van der Waals surface area contributed by atoms with E-state index in [0.717, 1.165) is 16.7 Å². The molecule has 2 heterocycles. The van der Waals surface area contributed by atoms with Gasteiger partial charge in [0, 0.05) is 17.0 Å². The molecule has 0 radical (unpaired) electrons. The Bertz CT molecular complexity index is 1240. The lowest BCUT2D eigenvalue weighted by Crippen LogP contribution is -2.21. The van der Waals surface area contributed by atoms with Gasteiger partial charge >= 0.3 is 5.97 Å². The average Bonchev–Trinajstić information content (AvgIpc) is 2.74. The van der Waals surface area contributed by atoms with Gasteiger partial charge in [-0.05, 0) is 36.1 Å². The van der Waals surface area contributed by atoms with Crippen LogP contribution in [0.1, 0.15) is 28.9 Å². The summed E-state index contributed by atoms with van der Waals surface area (Å²) in [5.74, 6) is 0.260. The fourth-order valence-electron chi connectivity index (χ4n) is 3.69. The largest absolute Gasteiger partial charge is 0.469 e. The van der Waals surface area contributed by atoms with Gasteiger partial charge in [-0.25, -0.2) is 18.4 Å². The van der Waals surface area contributed by atoms with Crippen LogP contribution >= 0.6 is 11.6 Å². The molecule has 0 unspecified atom stereocenters. The second-order valence-corrected chi connectivity index (χ2v) is 9.93. The van der Waals surface area contributed by atoms with E-state index in [1.54, 1.807) is 12.1 Å². The second-order valence-electron chi connectivity index (χ2n) is 7.45. The van der Waals surface area contributed by atoms with Crippen molar-refractivity contribution in [3.05, 3.63) is 76.1 Å². The zero-order chi connectivity index (χ0) is 22.0. The van der Waals surface area contributed by atoms with Gasteiger partial charge in [0.25, 0.3) is 0 Å². The van der Waals surface area contributed by atoms with Gasteiger partial charge in [0.05, 0.1) is 30.7 Å². The van der Waals surface area contributed by atoms with Crippen molar-refractivity contribution in [1.82, 2.24) is 9.97 Å². The van der Waals surface area contributed by atoms with Crippen molar-refractivity contribution in [2.75, 3.05) is 12.9 Å². The maximum absolute atomic E-state index is 12.8. The molecule has 0 atom stereocenters. The van der Waals surface area contributed by atoms with Crippen LogP contribution in [0.3, 0.4) is 0 Å². The molecule has 0 N–H and O–H groups in total. The van der Waals surface area contributed by atoms with Crippen LogP contribution in [0.2, 0.25) is 5.02 Å². The van der Waals surface area contributed by atoms with Crippen molar-refractivity contribution in [2.45, 2.75) is 30.6 Å². The van der Waals surface area contributed by atoms with Crippen molar-refractivity contribution in [2.24, 2.45) is 0 Å². The minimum absolute atomic E-state index is 0.102. The van der Waals surface area contributed by atoms with E-state index in [1.165, 1.54) is 7.11 Å². The van der Waals surface area contributed by atoms with E-state index in [2.05, 4.69) is 9.97 Å². The van der Waals surface area contributed by atoms with Gasteiger partial charge in [-0.3, -0.25) is 4.79 Å². The number of aromatic nitrogens is 2. The maximum Gasteiger partial charge on any atom is 0.309 e. The summed E-state index contributed by atoms with van der Waals surface area (Å²) in [5, 5.41) is 0.564. The molecule has 4 rings (SSSR count). The van der Waals surface area contributed by atoms with Crippen LogP contribution in [0.4, 0.5) is 0 Å². The number of esters is 1. The van der Waals surface area contributed by atoms with Crippen LogP contribution in [-0.4, -0.2) is 37.2 Å². The van der Waals surface area contributed by atoms with Gasteiger partial charge in [0.15, 0.2) is 15.7 Å². The molecule has 6 nitrogen and oxygen atoms in total. The van der Waals surface area contributed by atoms with E-state index >= 15 is 0 Å². The Hall–Kier alpha value is -2.77. The molecule has 0 aliphatic carbocycles. The average molecular weight is 457 g/mol. The number of carbonyl (C=O) groups excluding carboxylic acids is 1. The third-order valence-corrected chi connectivity index (χ3v) is 7.35. The predicted molar refractivity (Wildman–Crippen MR) is 118 cm³/mol. The Morgan fingerprint density at radius 2 is 1.84 bits per heavy atom. The van der Waals surface area contributed by atoms with Crippen molar-refractivity contribution < 1.29 is 17.9 Å². The Morgan fingerprint density at radius 3 is 2.55 bits per heavy atom. The standard InChI is InChI=1S/C23H21ClN2O4S/c1-30-21(27)13-16-9-7-15(8-10-16)12-20-22-19(6-3-11-31(22,28)29)25-23(26-20)17-4-2-5-18(24)14-17/h2,4-5,7-10,14H,3,6,11-13H2,1H3. The monoisotopic (exact) mass is 456 g/mol. The van der Waals surface area contributed by atoms with E-state index in [0.29, 0.717) is 41.5 Å². The third-order valence-electron chi connectivity index (χ3n) is 5.20.